The van der Waals surface area contributed by atoms with Crippen LogP contribution in [0.4, 0.5) is 10.5 Å². The average molecular weight is 309 g/mol. The second-order valence-electron chi connectivity index (χ2n) is 4.29. The Morgan fingerprint density at radius 3 is 2.76 bits per heavy atom. The molecule has 2 rings (SSSR count). The summed E-state index contributed by atoms with van der Waals surface area (Å²) in [6.45, 7) is 0.300. The molecule has 7 nitrogen and oxygen atoms in total. The van der Waals surface area contributed by atoms with Gasteiger partial charge in [0.2, 0.25) is 0 Å². The van der Waals surface area contributed by atoms with Crippen LogP contribution in [0.2, 0.25) is 5.02 Å². The van der Waals surface area contributed by atoms with Gasteiger partial charge in [-0.25, -0.2) is 9.59 Å². The Morgan fingerprint density at radius 2 is 2.14 bits per heavy atom. The molecule has 0 radical (unpaired) electrons. The largest absolute Gasteiger partial charge is 0.478 e. The summed E-state index contributed by atoms with van der Waals surface area (Å²) < 4.78 is 1.64. The van der Waals surface area contributed by atoms with Crippen LogP contribution in [-0.4, -0.2) is 26.9 Å². The van der Waals surface area contributed by atoms with Gasteiger partial charge in [0.15, 0.2) is 0 Å². The van der Waals surface area contributed by atoms with E-state index in [4.69, 9.17) is 16.7 Å². The highest BCUT2D eigenvalue weighted by Gasteiger charge is 2.09. The van der Waals surface area contributed by atoms with E-state index in [2.05, 4.69) is 15.7 Å². The zero-order chi connectivity index (χ0) is 15.4. The quantitative estimate of drug-likeness (QED) is 0.805. The van der Waals surface area contributed by atoms with Crippen LogP contribution in [0.15, 0.2) is 30.5 Å². The fourth-order valence-electron chi connectivity index (χ4n) is 1.71. The van der Waals surface area contributed by atoms with Crippen molar-refractivity contribution in [3.8, 4) is 0 Å². The van der Waals surface area contributed by atoms with Crippen LogP contribution in [0.25, 0.3) is 0 Å². The lowest BCUT2D eigenvalue weighted by atomic mass is 10.2. The lowest BCUT2D eigenvalue weighted by Crippen LogP contribution is -2.29. The van der Waals surface area contributed by atoms with Gasteiger partial charge in [0, 0.05) is 24.0 Å². The molecule has 0 aliphatic carbocycles. The number of rotatable bonds is 4. The van der Waals surface area contributed by atoms with Crippen LogP contribution in [0.1, 0.15) is 16.1 Å². The maximum atomic E-state index is 11.8. The normalized spacial score (nSPS) is 10.2. The van der Waals surface area contributed by atoms with Crippen LogP contribution < -0.4 is 10.6 Å². The van der Waals surface area contributed by atoms with E-state index in [1.807, 2.05) is 0 Å². The first-order valence-electron chi connectivity index (χ1n) is 6.01. The van der Waals surface area contributed by atoms with Crippen molar-refractivity contribution in [3.63, 3.8) is 0 Å². The molecule has 0 saturated heterocycles. The highest BCUT2D eigenvalue weighted by Crippen LogP contribution is 2.19. The van der Waals surface area contributed by atoms with Crippen molar-refractivity contribution in [2.24, 2.45) is 7.05 Å². The number of carboxylic acids is 1. The smallest absolute Gasteiger partial charge is 0.335 e. The van der Waals surface area contributed by atoms with E-state index >= 15 is 0 Å². The topological polar surface area (TPSA) is 96.3 Å². The number of aromatic carboxylic acids is 1. The summed E-state index contributed by atoms with van der Waals surface area (Å²) in [5.74, 6) is -1.11. The minimum absolute atomic E-state index is 0.00411. The zero-order valence-corrected chi connectivity index (χ0v) is 11.9. The molecular weight excluding hydrogens is 296 g/mol. The number of carbonyl (C=O) groups is 2. The summed E-state index contributed by atoms with van der Waals surface area (Å²) in [6.07, 6.45) is 1.63. The van der Waals surface area contributed by atoms with Crippen molar-refractivity contribution in [1.29, 1.82) is 0 Å². The van der Waals surface area contributed by atoms with Gasteiger partial charge in [-0.15, -0.1) is 0 Å². The van der Waals surface area contributed by atoms with Crippen LogP contribution in [0.3, 0.4) is 0 Å². The first kappa shape index (κ1) is 14.9. The van der Waals surface area contributed by atoms with Crippen molar-refractivity contribution in [2.75, 3.05) is 5.32 Å². The van der Waals surface area contributed by atoms with Crippen molar-refractivity contribution in [3.05, 3.63) is 46.7 Å². The third-order valence-electron chi connectivity index (χ3n) is 2.76. The number of benzene rings is 1. The molecule has 21 heavy (non-hydrogen) atoms. The molecule has 0 aliphatic rings. The number of carbonyl (C=O) groups excluding carboxylic acids is 1. The Kier molecular flexibility index (Phi) is 4.44. The molecule has 1 aromatic heterocycles. The van der Waals surface area contributed by atoms with Gasteiger partial charge in [-0.1, -0.05) is 11.6 Å². The van der Waals surface area contributed by atoms with Gasteiger partial charge in [0.25, 0.3) is 0 Å². The summed E-state index contributed by atoms with van der Waals surface area (Å²) in [4.78, 5) is 22.7. The van der Waals surface area contributed by atoms with E-state index in [9.17, 15) is 9.59 Å². The van der Waals surface area contributed by atoms with Crippen molar-refractivity contribution in [2.45, 2.75) is 6.54 Å². The Hall–Kier alpha value is -2.54. The lowest BCUT2D eigenvalue weighted by Gasteiger charge is -2.09. The van der Waals surface area contributed by atoms with E-state index in [1.165, 1.54) is 18.2 Å². The molecule has 0 unspecified atom stereocenters. The zero-order valence-electron chi connectivity index (χ0n) is 11.1. The molecule has 0 saturated carbocycles. The number of anilines is 1. The average Bonchev–Trinajstić information content (AvgIpc) is 2.81. The molecule has 1 aromatic carbocycles. The fraction of sp³-hybridized carbons (Fsp3) is 0.154. The molecule has 0 bridgehead atoms. The minimum atomic E-state index is -1.11. The van der Waals surface area contributed by atoms with E-state index in [1.54, 1.807) is 24.0 Å². The van der Waals surface area contributed by atoms with Crippen molar-refractivity contribution < 1.29 is 14.7 Å². The molecular formula is C13H13ClN4O3. The predicted molar refractivity (Wildman–Crippen MR) is 77.5 cm³/mol. The summed E-state index contributed by atoms with van der Waals surface area (Å²) in [5, 5.41) is 18.3. The Labute approximate surface area is 125 Å². The third kappa shape index (κ3) is 3.96. The Morgan fingerprint density at radius 1 is 1.38 bits per heavy atom. The van der Waals surface area contributed by atoms with Gasteiger partial charge in [-0.05, 0) is 24.3 Å². The summed E-state index contributed by atoms with van der Waals surface area (Å²) in [6, 6.07) is 5.43. The first-order valence-corrected chi connectivity index (χ1v) is 6.39. The van der Waals surface area contributed by atoms with E-state index in [0.29, 0.717) is 12.2 Å². The maximum absolute atomic E-state index is 11.8. The molecule has 110 valence electrons. The number of urea groups is 1. The van der Waals surface area contributed by atoms with Gasteiger partial charge in [0.05, 0.1) is 17.8 Å². The number of nitrogens with one attached hydrogen (secondary N) is 2. The summed E-state index contributed by atoms with van der Waals surface area (Å²) in [5.41, 5.74) is 1.15. The Balaban J connectivity index is 1.99. The number of nitrogens with zero attached hydrogens (tertiary/aromatic N) is 2. The molecule has 2 amide bonds. The molecule has 0 aliphatic heterocycles. The molecule has 2 aromatic rings. The number of amides is 2. The summed E-state index contributed by atoms with van der Waals surface area (Å²) in [7, 11) is 1.77. The van der Waals surface area contributed by atoms with E-state index in [-0.39, 0.29) is 10.6 Å². The predicted octanol–water partition coefficient (Wildman–Crippen LogP) is 2.09. The maximum Gasteiger partial charge on any atom is 0.335 e. The Bertz CT molecular complexity index is 684. The fourth-order valence-corrected chi connectivity index (χ4v) is 1.94. The molecule has 1 heterocycles. The second-order valence-corrected chi connectivity index (χ2v) is 4.72. The van der Waals surface area contributed by atoms with Gasteiger partial charge in [-0.2, -0.15) is 5.10 Å². The van der Waals surface area contributed by atoms with Gasteiger partial charge < -0.3 is 15.7 Å². The van der Waals surface area contributed by atoms with Crippen molar-refractivity contribution >= 4 is 29.3 Å². The highest BCUT2D eigenvalue weighted by molar-refractivity contribution is 6.31. The van der Waals surface area contributed by atoms with Crippen molar-refractivity contribution in [1.82, 2.24) is 15.1 Å². The minimum Gasteiger partial charge on any atom is -0.478 e. The van der Waals surface area contributed by atoms with Crippen LogP contribution >= 0.6 is 11.6 Å². The third-order valence-corrected chi connectivity index (χ3v) is 2.97. The van der Waals surface area contributed by atoms with E-state index in [0.717, 1.165) is 5.69 Å². The van der Waals surface area contributed by atoms with Gasteiger partial charge in [-0.3, -0.25) is 4.68 Å². The number of hydrogen-bond donors (Lipinski definition) is 3. The lowest BCUT2D eigenvalue weighted by molar-refractivity contribution is 0.0697. The number of hydrogen-bond acceptors (Lipinski definition) is 3. The molecule has 8 heteroatoms. The van der Waals surface area contributed by atoms with Crippen LogP contribution in [0.5, 0.6) is 0 Å². The SMILES string of the molecule is Cn1nccc1CNC(=O)Nc1cc(Cl)cc(C(=O)O)c1. The molecule has 3 N–H and O–H groups in total. The highest BCUT2D eigenvalue weighted by atomic mass is 35.5. The second kappa shape index (κ2) is 6.27. The van der Waals surface area contributed by atoms with E-state index < -0.39 is 12.0 Å². The van der Waals surface area contributed by atoms with Gasteiger partial charge in [0.1, 0.15) is 0 Å². The van der Waals surface area contributed by atoms with Crippen LogP contribution in [0, 0.1) is 0 Å². The number of aromatic nitrogens is 2. The van der Waals surface area contributed by atoms with Crippen LogP contribution in [-0.2, 0) is 13.6 Å². The monoisotopic (exact) mass is 308 g/mol. The number of carboxylic acid groups (broad SMARTS) is 1. The molecule has 0 atom stereocenters. The van der Waals surface area contributed by atoms with Gasteiger partial charge >= 0.3 is 12.0 Å². The first-order chi connectivity index (χ1) is 9.95. The molecule has 0 fully saturated rings. The standard InChI is InChI=1S/C13H13ClN4O3/c1-18-11(2-3-16-18)7-15-13(21)17-10-5-8(12(19)20)4-9(14)6-10/h2-6H,7H2,1H3,(H,19,20)(H2,15,17,21). The molecule has 0 spiro atoms. The summed E-state index contributed by atoms with van der Waals surface area (Å²) >= 11 is 5.81. The number of halogens is 1. The number of aryl methyl sites for hydroxylation is 1.